The highest BCUT2D eigenvalue weighted by atomic mass is 32.1. The highest BCUT2D eigenvalue weighted by Crippen LogP contribution is 2.29. The monoisotopic (exact) mass is 282 g/mol. The highest BCUT2D eigenvalue weighted by molar-refractivity contribution is 7.16. The number of hydrogen-bond donors (Lipinski definition) is 1. The second-order valence-corrected chi connectivity index (χ2v) is 5.83. The van der Waals surface area contributed by atoms with Gasteiger partial charge in [0, 0.05) is 5.69 Å². The van der Waals surface area contributed by atoms with E-state index in [0.717, 1.165) is 11.2 Å². The summed E-state index contributed by atoms with van der Waals surface area (Å²) in [6.07, 6.45) is 0. The lowest BCUT2D eigenvalue weighted by Gasteiger charge is -2.27. The molecule has 0 saturated carbocycles. The Balaban J connectivity index is 1.66. The van der Waals surface area contributed by atoms with E-state index in [-0.39, 0.29) is 6.04 Å². The minimum Gasteiger partial charge on any atom is -0.376 e. The molecule has 1 N–H and O–H groups in total. The van der Waals surface area contributed by atoms with Crippen LogP contribution in [0.4, 0.5) is 5.69 Å². The Morgan fingerprint density at radius 2 is 2.15 bits per heavy atom. The third-order valence-corrected chi connectivity index (χ3v) is 4.44. The Morgan fingerprint density at radius 3 is 3.15 bits per heavy atom. The van der Waals surface area contributed by atoms with Crippen LogP contribution in [0.3, 0.4) is 0 Å². The molecule has 0 radical (unpaired) electrons. The summed E-state index contributed by atoms with van der Waals surface area (Å²) in [5.74, 6) is 0. The number of rotatable bonds is 2. The Hall–Kier alpha value is -1.91. The fourth-order valence-corrected chi connectivity index (χ4v) is 3.36. The van der Waals surface area contributed by atoms with Crippen molar-refractivity contribution in [3.8, 4) is 0 Å². The van der Waals surface area contributed by atoms with E-state index in [0.29, 0.717) is 13.2 Å². The van der Waals surface area contributed by atoms with E-state index in [1.54, 1.807) is 11.3 Å². The first-order valence-corrected chi connectivity index (χ1v) is 7.53. The van der Waals surface area contributed by atoms with Crippen molar-refractivity contribution in [2.75, 3.05) is 11.9 Å². The van der Waals surface area contributed by atoms with Crippen LogP contribution >= 0.6 is 11.3 Å². The first kappa shape index (κ1) is 11.9. The van der Waals surface area contributed by atoms with Crippen molar-refractivity contribution in [1.82, 2.24) is 4.98 Å². The summed E-state index contributed by atoms with van der Waals surface area (Å²) in [5, 5.41) is 3.57. The van der Waals surface area contributed by atoms with Gasteiger partial charge in [0.15, 0.2) is 0 Å². The number of aromatic nitrogens is 1. The van der Waals surface area contributed by atoms with Crippen LogP contribution < -0.4 is 5.32 Å². The molecule has 1 unspecified atom stereocenters. The largest absolute Gasteiger partial charge is 0.376 e. The molecule has 1 aliphatic rings. The van der Waals surface area contributed by atoms with Gasteiger partial charge >= 0.3 is 0 Å². The Labute approximate surface area is 121 Å². The molecule has 1 atom stereocenters. The van der Waals surface area contributed by atoms with Crippen LogP contribution in [0.2, 0.25) is 0 Å². The summed E-state index contributed by atoms with van der Waals surface area (Å²) in [6, 6.07) is 15.0. The lowest BCUT2D eigenvalue weighted by molar-refractivity contribution is 0.0970. The number of ether oxygens (including phenoxy) is 1. The summed E-state index contributed by atoms with van der Waals surface area (Å²) in [5.41, 5.74) is 6.67. The van der Waals surface area contributed by atoms with Gasteiger partial charge in [-0.1, -0.05) is 24.3 Å². The topological polar surface area (TPSA) is 34.1 Å². The van der Waals surface area contributed by atoms with Crippen molar-refractivity contribution in [3.63, 3.8) is 0 Å². The molecule has 3 aromatic rings. The van der Waals surface area contributed by atoms with Gasteiger partial charge in [-0.3, -0.25) is 0 Å². The summed E-state index contributed by atoms with van der Waals surface area (Å²) in [6.45, 7) is 1.42. The number of anilines is 1. The number of thiazole rings is 1. The van der Waals surface area contributed by atoms with Gasteiger partial charge in [-0.15, -0.1) is 11.3 Å². The lowest BCUT2D eigenvalue weighted by Crippen LogP contribution is -2.23. The molecule has 2 heterocycles. The summed E-state index contributed by atoms with van der Waals surface area (Å²) in [7, 11) is 0. The molecule has 4 rings (SSSR count). The Bertz CT molecular complexity index is 753. The predicted octanol–water partition coefficient (Wildman–Crippen LogP) is 3.98. The van der Waals surface area contributed by atoms with Gasteiger partial charge in [0.25, 0.3) is 0 Å². The van der Waals surface area contributed by atoms with Crippen molar-refractivity contribution in [1.29, 1.82) is 0 Å². The Morgan fingerprint density at radius 1 is 1.20 bits per heavy atom. The number of benzene rings is 2. The summed E-state index contributed by atoms with van der Waals surface area (Å²) < 4.78 is 6.89. The maximum absolute atomic E-state index is 5.68. The van der Waals surface area contributed by atoms with E-state index in [9.17, 15) is 0 Å². The molecule has 4 heteroatoms. The third-order valence-electron chi connectivity index (χ3n) is 3.64. The van der Waals surface area contributed by atoms with Gasteiger partial charge in [-0.25, -0.2) is 4.98 Å². The molecule has 1 aromatic heterocycles. The fraction of sp³-hybridized carbons (Fsp3) is 0.188. The maximum atomic E-state index is 5.68. The smallest absolute Gasteiger partial charge is 0.0813 e. The molecule has 0 saturated heterocycles. The van der Waals surface area contributed by atoms with Gasteiger partial charge < -0.3 is 10.1 Å². The lowest BCUT2D eigenvalue weighted by atomic mass is 9.99. The van der Waals surface area contributed by atoms with E-state index in [1.807, 2.05) is 5.51 Å². The van der Waals surface area contributed by atoms with Crippen LogP contribution in [-0.2, 0) is 11.3 Å². The van der Waals surface area contributed by atoms with Crippen LogP contribution in [0.25, 0.3) is 10.2 Å². The minimum atomic E-state index is 0.213. The SMILES string of the molecule is c1ccc2c(c1)COCC2Nc1ccc2ncsc2c1. The van der Waals surface area contributed by atoms with E-state index in [1.165, 1.54) is 15.8 Å². The quantitative estimate of drug-likeness (QED) is 0.772. The van der Waals surface area contributed by atoms with Crippen LogP contribution in [0.1, 0.15) is 17.2 Å². The zero-order valence-corrected chi connectivity index (χ0v) is 11.7. The first-order chi connectivity index (χ1) is 9.90. The second-order valence-electron chi connectivity index (χ2n) is 4.95. The average molecular weight is 282 g/mol. The van der Waals surface area contributed by atoms with Crippen molar-refractivity contribution >= 4 is 27.2 Å². The van der Waals surface area contributed by atoms with Crippen LogP contribution in [0.5, 0.6) is 0 Å². The van der Waals surface area contributed by atoms with Gasteiger partial charge in [0.1, 0.15) is 0 Å². The second kappa shape index (κ2) is 4.89. The predicted molar refractivity (Wildman–Crippen MR) is 82.1 cm³/mol. The van der Waals surface area contributed by atoms with Crippen molar-refractivity contribution in [3.05, 3.63) is 59.1 Å². The van der Waals surface area contributed by atoms with Crippen molar-refractivity contribution in [2.45, 2.75) is 12.6 Å². The van der Waals surface area contributed by atoms with Crippen molar-refractivity contribution in [2.24, 2.45) is 0 Å². The average Bonchev–Trinajstić information content (AvgIpc) is 2.95. The molecule has 3 nitrogen and oxygen atoms in total. The zero-order valence-electron chi connectivity index (χ0n) is 10.9. The third kappa shape index (κ3) is 2.07. The molecule has 0 amide bonds. The zero-order chi connectivity index (χ0) is 13.4. The number of nitrogens with zero attached hydrogens (tertiary/aromatic N) is 1. The van der Waals surface area contributed by atoms with Gasteiger partial charge in [0.2, 0.25) is 0 Å². The number of nitrogens with one attached hydrogen (secondary N) is 1. The molecule has 0 aliphatic carbocycles. The number of hydrogen-bond acceptors (Lipinski definition) is 4. The maximum Gasteiger partial charge on any atom is 0.0813 e. The van der Waals surface area contributed by atoms with Gasteiger partial charge in [-0.2, -0.15) is 0 Å². The molecule has 1 aliphatic heterocycles. The van der Waals surface area contributed by atoms with E-state index < -0.39 is 0 Å². The standard InChI is InChI=1S/C16H14N2OS/c1-2-4-13-11(3-1)8-19-9-15(13)18-12-5-6-14-16(7-12)20-10-17-14/h1-7,10,15,18H,8-9H2. The minimum absolute atomic E-state index is 0.213. The fourth-order valence-electron chi connectivity index (χ4n) is 2.65. The van der Waals surface area contributed by atoms with Gasteiger partial charge in [-0.05, 0) is 29.3 Å². The van der Waals surface area contributed by atoms with Crippen LogP contribution in [-0.4, -0.2) is 11.6 Å². The molecule has 100 valence electrons. The summed E-state index contributed by atoms with van der Waals surface area (Å²) >= 11 is 1.67. The van der Waals surface area contributed by atoms with E-state index in [2.05, 4.69) is 52.8 Å². The number of fused-ring (bicyclic) bond motifs is 2. The van der Waals surface area contributed by atoms with Crippen LogP contribution in [0, 0.1) is 0 Å². The molecule has 0 bridgehead atoms. The molecular formula is C16H14N2OS. The molecule has 0 spiro atoms. The van der Waals surface area contributed by atoms with E-state index >= 15 is 0 Å². The van der Waals surface area contributed by atoms with Crippen LogP contribution in [0.15, 0.2) is 48.0 Å². The highest BCUT2D eigenvalue weighted by Gasteiger charge is 2.20. The normalized spacial score (nSPS) is 17.9. The van der Waals surface area contributed by atoms with Gasteiger partial charge in [0.05, 0.1) is 35.0 Å². The molecule has 2 aromatic carbocycles. The summed E-state index contributed by atoms with van der Waals surface area (Å²) in [4.78, 5) is 4.31. The molecule has 0 fully saturated rings. The Kier molecular flexibility index (Phi) is 2.90. The molecule has 20 heavy (non-hydrogen) atoms. The van der Waals surface area contributed by atoms with Crippen molar-refractivity contribution < 1.29 is 4.74 Å². The molecular weight excluding hydrogens is 268 g/mol. The first-order valence-electron chi connectivity index (χ1n) is 6.65. The van der Waals surface area contributed by atoms with E-state index in [4.69, 9.17) is 4.74 Å².